The molecule has 108 valence electrons. The molecule has 1 heterocycles. The summed E-state index contributed by atoms with van der Waals surface area (Å²) >= 11 is 0. The van der Waals surface area contributed by atoms with Crippen LogP contribution in [-0.2, 0) is 21.4 Å². The fraction of sp³-hybridized carbons (Fsp3) is 0.455. The van der Waals surface area contributed by atoms with Crippen LogP contribution in [0.15, 0.2) is 12.3 Å². The molecule has 0 spiro atoms. The first-order valence-electron chi connectivity index (χ1n) is 5.38. The Labute approximate surface area is 113 Å². The van der Waals surface area contributed by atoms with Gasteiger partial charge in [0.2, 0.25) is 10.0 Å². The first-order valence-corrected chi connectivity index (χ1v) is 7.23. The maximum Gasteiger partial charge on any atom is 0.300 e. The number of nitrogens with zero attached hydrogens (tertiary/aromatic N) is 2. The van der Waals surface area contributed by atoms with Gasteiger partial charge in [-0.1, -0.05) is 0 Å². The molecule has 0 bridgehead atoms. The molecule has 0 amide bonds. The molecule has 0 fully saturated rings. The number of anilines is 1. The molecule has 19 heavy (non-hydrogen) atoms. The third kappa shape index (κ3) is 6.16. The zero-order valence-electron chi connectivity index (χ0n) is 11.4. The quantitative estimate of drug-likeness (QED) is 0.829. The molecule has 8 heteroatoms. The molecule has 0 saturated heterocycles. The highest BCUT2D eigenvalue weighted by molar-refractivity contribution is 7.92. The predicted molar refractivity (Wildman–Crippen MR) is 73.4 cm³/mol. The number of hydrogen-bond donors (Lipinski definition) is 2. The van der Waals surface area contributed by atoms with Crippen LogP contribution in [0.1, 0.15) is 18.2 Å². The molecule has 0 aliphatic rings. The van der Waals surface area contributed by atoms with Crippen molar-refractivity contribution in [1.82, 2.24) is 4.98 Å². The summed E-state index contributed by atoms with van der Waals surface area (Å²) in [4.78, 5) is 13.1. The first kappa shape index (κ1) is 17.3. The average molecular weight is 289 g/mol. The number of pyridine rings is 1. The van der Waals surface area contributed by atoms with E-state index in [0.717, 1.165) is 24.4 Å². The van der Waals surface area contributed by atoms with Gasteiger partial charge in [-0.25, -0.2) is 8.42 Å². The van der Waals surface area contributed by atoms with Gasteiger partial charge in [0.15, 0.2) is 0 Å². The molecule has 0 aromatic carbocycles. The van der Waals surface area contributed by atoms with Gasteiger partial charge < -0.3 is 10.8 Å². The molecule has 0 unspecified atom stereocenters. The molecule has 1 aromatic heterocycles. The van der Waals surface area contributed by atoms with E-state index in [0.29, 0.717) is 12.2 Å². The number of aromatic nitrogens is 1. The van der Waals surface area contributed by atoms with Crippen molar-refractivity contribution < 1.29 is 18.3 Å². The average Bonchev–Trinajstić information content (AvgIpc) is 2.27. The topological polar surface area (TPSA) is 114 Å². The predicted octanol–water partition coefficient (Wildman–Crippen LogP) is 0.335. The van der Waals surface area contributed by atoms with Crippen LogP contribution in [0.2, 0.25) is 0 Å². The van der Waals surface area contributed by atoms with Gasteiger partial charge in [-0.15, -0.1) is 0 Å². The Morgan fingerprint density at radius 1 is 1.53 bits per heavy atom. The molecule has 0 radical (unpaired) electrons. The van der Waals surface area contributed by atoms with Crippen LogP contribution in [0.3, 0.4) is 0 Å². The van der Waals surface area contributed by atoms with Crippen molar-refractivity contribution in [3.8, 4) is 0 Å². The molecule has 7 nitrogen and oxygen atoms in total. The Kier molecular flexibility index (Phi) is 6.43. The summed E-state index contributed by atoms with van der Waals surface area (Å²) in [6.45, 7) is 3.27. The second kappa shape index (κ2) is 7.05. The van der Waals surface area contributed by atoms with E-state index in [1.165, 1.54) is 17.5 Å². The van der Waals surface area contributed by atoms with Crippen LogP contribution in [0.5, 0.6) is 0 Å². The van der Waals surface area contributed by atoms with Crippen molar-refractivity contribution in [1.29, 1.82) is 0 Å². The standard InChI is InChI=1S/C9H15N3O2S.C2H4O2/c1-7-8(5-10)4-9(6-11-7)12(2)15(3,13)14;1-2(3)4/h4,6H,5,10H2,1-3H3;1H3,(H,3,4). The van der Waals surface area contributed by atoms with Gasteiger partial charge in [-0.2, -0.15) is 0 Å². The van der Waals surface area contributed by atoms with Gasteiger partial charge in [0.05, 0.1) is 18.1 Å². The Bertz CT molecular complexity index is 539. The Morgan fingerprint density at radius 3 is 2.37 bits per heavy atom. The van der Waals surface area contributed by atoms with E-state index in [1.54, 1.807) is 6.07 Å². The van der Waals surface area contributed by atoms with Crippen molar-refractivity contribution in [2.45, 2.75) is 20.4 Å². The lowest BCUT2D eigenvalue weighted by Gasteiger charge is -2.17. The van der Waals surface area contributed by atoms with Crippen molar-refractivity contribution in [2.24, 2.45) is 5.73 Å². The number of carboxylic acid groups (broad SMARTS) is 1. The first-order chi connectivity index (χ1) is 8.59. The van der Waals surface area contributed by atoms with Gasteiger partial charge in [0, 0.05) is 26.2 Å². The van der Waals surface area contributed by atoms with Crippen LogP contribution in [0.4, 0.5) is 5.69 Å². The van der Waals surface area contributed by atoms with Gasteiger partial charge in [-0.05, 0) is 18.6 Å². The monoisotopic (exact) mass is 289 g/mol. The van der Waals surface area contributed by atoms with Crippen LogP contribution >= 0.6 is 0 Å². The van der Waals surface area contributed by atoms with Crippen LogP contribution in [0, 0.1) is 6.92 Å². The number of aryl methyl sites for hydroxylation is 1. The molecule has 0 atom stereocenters. The maximum atomic E-state index is 11.3. The number of nitrogens with two attached hydrogens (primary N) is 1. The summed E-state index contributed by atoms with van der Waals surface area (Å²) in [6.07, 6.45) is 2.67. The van der Waals surface area contributed by atoms with Crippen molar-refractivity contribution in [3.05, 3.63) is 23.5 Å². The normalized spacial score (nSPS) is 10.4. The molecule has 1 rings (SSSR count). The summed E-state index contributed by atoms with van der Waals surface area (Å²) in [5, 5.41) is 7.42. The third-order valence-corrected chi connectivity index (χ3v) is 3.46. The van der Waals surface area contributed by atoms with E-state index in [2.05, 4.69) is 4.98 Å². The molecule has 0 aliphatic heterocycles. The van der Waals surface area contributed by atoms with E-state index in [9.17, 15) is 8.42 Å². The van der Waals surface area contributed by atoms with Gasteiger partial charge in [0.25, 0.3) is 5.97 Å². The van der Waals surface area contributed by atoms with Crippen LogP contribution < -0.4 is 10.0 Å². The summed E-state index contributed by atoms with van der Waals surface area (Å²) < 4.78 is 23.7. The van der Waals surface area contributed by atoms with E-state index in [1.807, 2.05) is 6.92 Å². The molecule has 0 aliphatic carbocycles. The summed E-state index contributed by atoms with van der Waals surface area (Å²) in [5.74, 6) is -0.833. The zero-order valence-corrected chi connectivity index (χ0v) is 12.2. The van der Waals surface area contributed by atoms with Crippen molar-refractivity contribution >= 4 is 21.7 Å². The SMILES string of the molecule is CC(=O)O.Cc1ncc(N(C)S(C)(=O)=O)cc1CN. The molecular weight excluding hydrogens is 270 g/mol. The minimum absolute atomic E-state index is 0.351. The highest BCUT2D eigenvalue weighted by Gasteiger charge is 2.13. The minimum atomic E-state index is -3.24. The highest BCUT2D eigenvalue weighted by Crippen LogP contribution is 2.17. The number of sulfonamides is 1. The van der Waals surface area contributed by atoms with E-state index < -0.39 is 16.0 Å². The number of rotatable bonds is 3. The second-order valence-electron chi connectivity index (χ2n) is 3.89. The van der Waals surface area contributed by atoms with Crippen LogP contribution in [-0.4, -0.2) is 37.8 Å². The smallest absolute Gasteiger partial charge is 0.300 e. The largest absolute Gasteiger partial charge is 0.481 e. The third-order valence-electron chi connectivity index (χ3n) is 2.26. The fourth-order valence-corrected chi connectivity index (χ4v) is 1.62. The van der Waals surface area contributed by atoms with E-state index >= 15 is 0 Å². The number of carbonyl (C=O) groups is 1. The van der Waals surface area contributed by atoms with E-state index in [-0.39, 0.29) is 0 Å². The Morgan fingerprint density at radius 2 is 2.00 bits per heavy atom. The molecule has 1 aromatic rings. The van der Waals surface area contributed by atoms with Crippen molar-refractivity contribution in [3.63, 3.8) is 0 Å². The van der Waals surface area contributed by atoms with Crippen LogP contribution in [0.25, 0.3) is 0 Å². The Balaban J connectivity index is 0.000000711. The Hall–Kier alpha value is -1.67. The van der Waals surface area contributed by atoms with Gasteiger partial charge in [-0.3, -0.25) is 14.1 Å². The lowest BCUT2D eigenvalue weighted by atomic mass is 10.2. The summed E-state index contributed by atoms with van der Waals surface area (Å²) in [7, 11) is -1.75. The van der Waals surface area contributed by atoms with E-state index in [4.69, 9.17) is 15.6 Å². The fourth-order valence-electron chi connectivity index (χ4n) is 1.14. The van der Waals surface area contributed by atoms with Gasteiger partial charge in [0.1, 0.15) is 0 Å². The zero-order chi connectivity index (χ0) is 15.2. The molecular formula is C11H19N3O4S. The number of aliphatic carboxylic acids is 1. The molecule has 0 saturated carbocycles. The molecule has 3 N–H and O–H groups in total. The number of hydrogen-bond acceptors (Lipinski definition) is 5. The van der Waals surface area contributed by atoms with Gasteiger partial charge >= 0.3 is 0 Å². The summed E-state index contributed by atoms with van der Waals surface area (Å²) in [6, 6.07) is 1.74. The lowest BCUT2D eigenvalue weighted by molar-refractivity contribution is -0.134. The highest BCUT2D eigenvalue weighted by atomic mass is 32.2. The lowest BCUT2D eigenvalue weighted by Crippen LogP contribution is -2.25. The maximum absolute atomic E-state index is 11.3. The summed E-state index contributed by atoms with van der Waals surface area (Å²) in [5.41, 5.74) is 7.72. The van der Waals surface area contributed by atoms with Crippen molar-refractivity contribution in [2.75, 3.05) is 17.6 Å². The minimum Gasteiger partial charge on any atom is -0.481 e. The second-order valence-corrected chi connectivity index (χ2v) is 5.91. The number of carboxylic acids is 1.